The molecule has 0 saturated heterocycles. The minimum Gasteiger partial charge on any atom is -0.481 e. The van der Waals surface area contributed by atoms with Gasteiger partial charge in [-0.1, -0.05) is 45.0 Å². The predicted octanol–water partition coefficient (Wildman–Crippen LogP) is 2.59. The summed E-state index contributed by atoms with van der Waals surface area (Å²) < 4.78 is 0. The van der Waals surface area contributed by atoms with Crippen LogP contribution < -0.4 is 5.32 Å². The molecule has 0 spiro atoms. The zero-order valence-electron chi connectivity index (χ0n) is 11.5. The van der Waals surface area contributed by atoms with Crippen LogP contribution in [-0.4, -0.2) is 24.2 Å². The van der Waals surface area contributed by atoms with E-state index >= 15 is 0 Å². The summed E-state index contributed by atoms with van der Waals surface area (Å²) in [6, 6.07) is 8.65. The van der Waals surface area contributed by atoms with Crippen LogP contribution in [0, 0.1) is 0 Å². The van der Waals surface area contributed by atoms with Crippen molar-refractivity contribution in [3.8, 4) is 0 Å². The summed E-state index contributed by atoms with van der Waals surface area (Å²) in [4.78, 5) is 10.3. The lowest BCUT2D eigenvalue weighted by molar-refractivity contribution is -0.136. The van der Waals surface area contributed by atoms with E-state index in [9.17, 15) is 4.79 Å². The summed E-state index contributed by atoms with van der Waals surface area (Å²) in [6.07, 6.45) is 1.12. The predicted molar refractivity (Wildman–Crippen MR) is 74.0 cm³/mol. The molecule has 0 aliphatic heterocycles. The highest BCUT2D eigenvalue weighted by Gasteiger charge is 2.12. The van der Waals surface area contributed by atoms with Gasteiger partial charge >= 0.3 is 5.97 Å². The van der Waals surface area contributed by atoms with Crippen LogP contribution in [0.4, 0.5) is 0 Å². The van der Waals surface area contributed by atoms with E-state index in [0.29, 0.717) is 6.54 Å². The molecule has 1 aromatic carbocycles. The van der Waals surface area contributed by atoms with Crippen LogP contribution >= 0.6 is 0 Å². The number of hydrogen-bond acceptors (Lipinski definition) is 2. The summed E-state index contributed by atoms with van der Waals surface area (Å²) in [7, 11) is 0. The van der Waals surface area contributed by atoms with Gasteiger partial charge in [-0.05, 0) is 29.5 Å². The number of nitrogens with one attached hydrogen (secondary N) is 1. The first-order valence-corrected chi connectivity index (χ1v) is 6.41. The number of hydrogen-bond donors (Lipinski definition) is 2. The molecular weight excluding hydrogens is 226 g/mol. The van der Waals surface area contributed by atoms with Crippen molar-refractivity contribution in [1.82, 2.24) is 5.32 Å². The lowest BCUT2D eigenvalue weighted by Crippen LogP contribution is -2.20. The molecule has 0 atom stereocenters. The van der Waals surface area contributed by atoms with Gasteiger partial charge in [0.25, 0.3) is 0 Å². The third-order valence-electron chi connectivity index (χ3n) is 2.93. The van der Waals surface area contributed by atoms with Gasteiger partial charge in [0.05, 0.1) is 6.42 Å². The maximum atomic E-state index is 10.3. The maximum absolute atomic E-state index is 10.3. The monoisotopic (exact) mass is 249 g/mol. The second kappa shape index (κ2) is 6.55. The lowest BCUT2D eigenvalue weighted by Gasteiger charge is -2.19. The van der Waals surface area contributed by atoms with Crippen LogP contribution in [0.1, 0.15) is 38.3 Å². The van der Waals surface area contributed by atoms with E-state index in [2.05, 4.69) is 50.4 Å². The Morgan fingerprint density at radius 1 is 1.17 bits per heavy atom. The summed E-state index contributed by atoms with van der Waals surface area (Å²) in [5.74, 6) is -0.753. The van der Waals surface area contributed by atoms with Crippen LogP contribution in [0.15, 0.2) is 24.3 Å². The van der Waals surface area contributed by atoms with Gasteiger partial charge < -0.3 is 10.4 Å². The van der Waals surface area contributed by atoms with Crippen LogP contribution in [-0.2, 0) is 16.6 Å². The molecule has 0 aromatic heterocycles. The topological polar surface area (TPSA) is 49.3 Å². The first kappa shape index (κ1) is 14.7. The minimum absolute atomic E-state index is 0.183. The van der Waals surface area contributed by atoms with Gasteiger partial charge in [-0.25, -0.2) is 0 Å². The van der Waals surface area contributed by atoms with Gasteiger partial charge in [0.2, 0.25) is 0 Å². The quantitative estimate of drug-likeness (QED) is 0.762. The van der Waals surface area contributed by atoms with Crippen LogP contribution in [0.5, 0.6) is 0 Å². The molecule has 0 saturated carbocycles. The van der Waals surface area contributed by atoms with Crippen LogP contribution in [0.25, 0.3) is 0 Å². The van der Waals surface area contributed by atoms with Gasteiger partial charge in [0, 0.05) is 6.54 Å². The number of carboxylic acids is 1. The van der Waals surface area contributed by atoms with Crippen molar-refractivity contribution in [2.24, 2.45) is 0 Å². The molecule has 0 radical (unpaired) electrons. The van der Waals surface area contributed by atoms with Gasteiger partial charge in [-0.3, -0.25) is 4.79 Å². The smallest absolute Gasteiger partial charge is 0.304 e. The van der Waals surface area contributed by atoms with Crippen molar-refractivity contribution >= 4 is 5.97 Å². The minimum atomic E-state index is -0.753. The van der Waals surface area contributed by atoms with E-state index in [0.717, 1.165) is 13.0 Å². The van der Waals surface area contributed by atoms with Crippen molar-refractivity contribution in [2.45, 2.75) is 39.0 Å². The Labute approximate surface area is 109 Å². The molecule has 100 valence electrons. The Balaban J connectivity index is 2.33. The fraction of sp³-hybridized carbons (Fsp3) is 0.533. The molecule has 0 aliphatic carbocycles. The molecule has 0 aliphatic rings. The molecule has 0 heterocycles. The standard InChI is InChI=1S/C15H23NO2/c1-15(2,3)13-6-4-12(5-7-13)8-10-16-11-9-14(17)18/h4-7,16H,8-11H2,1-3H3,(H,17,18). The highest BCUT2D eigenvalue weighted by Crippen LogP contribution is 2.22. The van der Waals surface area contributed by atoms with E-state index < -0.39 is 5.97 Å². The lowest BCUT2D eigenvalue weighted by atomic mass is 9.86. The van der Waals surface area contributed by atoms with E-state index in [-0.39, 0.29) is 11.8 Å². The highest BCUT2D eigenvalue weighted by atomic mass is 16.4. The number of rotatable bonds is 6. The summed E-state index contributed by atoms with van der Waals surface area (Å²) >= 11 is 0. The molecule has 2 N–H and O–H groups in total. The Hall–Kier alpha value is -1.35. The molecule has 0 amide bonds. The zero-order valence-corrected chi connectivity index (χ0v) is 11.5. The molecule has 18 heavy (non-hydrogen) atoms. The highest BCUT2D eigenvalue weighted by molar-refractivity contribution is 5.66. The molecule has 3 nitrogen and oxygen atoms in total. The summed E-state index contributed by atoms with van der Waals surface area (Å²) in [5.41, 5.74) is 2.81. The van der Waals surface area contributed by atoms with E-state index in [1.807, 2.05) is 0 Å². The van der Waals surface area contributed by atoms with E-state index in [4.69, 9.17) is 5.11 Å². The molecule has 1 aromatic rings. The third-order valence-corrected chi connectivity index (χ3v) is 2.93. The maximum Gasteiger partial charge on any atom is 0.304 e. The Bertz CT molecular complexity index is 376. The molecule has 0 unspecified atom stereocenters. The molecule has 0 bridgehead atoms. The average molecular weight is 249 g/mol. The Kier molecular flexibility index (Phi) is 5.35. The first-order chi connectivity index (χ1) is 8.39. The summed E-state index contributed by atoms with van der Waals surface area (Å²) in [5, 5.41) is 11.6. The van der Waals surface area contributed by atoms with Gasteiger partial charge in [0.1, 0.15) is 0 Å². The van der Waals surface area contributed by atoms with Crippen molar-refractivity contribution in [3.63, 3.8) is 0 Å². The molecule has 1 rings (SSSR count). The van der Waals surface area contributed by atoms with E-state index in [1.54, 1.807) is 0 Å². The third kappa shape index (κ3) is 5.32. The SMILES string of the molecule is CC(C)(C)c1ccc(CCNCCC(=O)O)cc1. The second-order valence-electron chi connectivity index (χ2n) is 5.59. The van der Waals surface area contributed by atoms with Gasteiger partial charge in [-0.15, -0.1) is 0 Å². The molecular formula is C15H23NO2. The fourth-order valence-electron chi connectivity index (χ4n) is 1.72. The van der Waals surface area contributed by atoms with Gasteiger partial charge in [-0.2, -0.15) is 0 Å². The summed E-state index contributed by atoms with van der Waals surface area (Å²) in [6.45, 7) is 7.97. The number of aliphatic carboxylic acids is 1. The van der Waals surface area contributed by atoms with Crippen LogP contribution in [0.2, 0.25) is 0 Å². The molecule has 0 fully saturated rings. The molecule has 3 heteroatoms. The largest absolute Gasteiger partial charge is 0.481 e. The average Bonchev–Trinajstić information content (AvgIpc) is 2.27. The number of carbonyl (C=O) groups is 1. The Morgan fingerprint density at radius 2 is 1.78 bits per heavy atom. The zero-order chi connectivity index (χ0) is 13.6. The normalized spacial score (nSPS) is 11.5. The van der Waals surface area contributed by atoms with Crippen molar-refractivity contribution < 1.29 is 9.90 Å². The fourth-order valence-corrected chi connectivity index (χ4v) is 1.72. The van der Waals surface area contributed by atoms with Crippen molar-refractivity contribution in [3.05, 3.63) is 35.4 Å². The Morgan fingerprint density at radius 3 is 2.28 bits per heavy atom. The number of benzene rings is 1. The van der Waals surface area contributed by atoms with Crippen molar-refractivity contribution in [1.29, 1.82) is 0 Å². The van der Waals surface area contributed by atoms with Crippen molar-refractivity contribution in [2.75, 3.05) is 13.1 Å². The van der Waals surface area contributed by atoms with E-state index in [1.165, 1.54) is 11.1 Å². The second-order valence-corrected chi connectivity index (χ2v) is 5.59. The van der Waals surface area contributed by atoms with Gasteiger partial charge in [0.15, 0.2) is 0 Å². The first-order valence-electron chi connectivity index (χ1n) is 6.41. The number of carboxylic acid groups (broad SMARTS) is 1. The van der Waals surface area contributed by atoms with Crippen LogP contribution in [0.3, 0.4) is 0 Å².